The zero-order valence-electron chi connectivity index (χ0n) is 14.7. The summed E-state index contributed by atoms with van der Waals surface area (Å²) in [6.07, 6.45) is 5.44. The van der Waals surface area contributed by atoms with Crippen LogP contribution in [0.4, 0.5) is 0 Å². The molecule has 4 saturated heterocycles. The van der Waals surface area contributed by atoms with E-state index in [9.17, 15) is 0 Å². The lowest BCUT2D eigenvalue weighted by atomic mass is 9.98. The van der Waals surface area contributed by atoms with Crippen molar-refractivity contribution in [1.82, 2.24) is 9.80 Å². The molecule has 0 aliphatic carbocycles. The van der Waals surface area contributed by atoms with Gasteiger partial charge in [0.15, 0.2) is 0 Å². The number of hydrogen-bond donors (Lipinski definition) is 0. The van der Waals surface area contributed by atoms with Gasteiger partial charge in [0.05, 0.1) is 45.2 Å². The van der Waals surface area contributed by atoms with Crippen molar-refractivity contribution in [2.75, 3.05) is 65.8 Å². The summed E-state index contributed by atoms with van der Waals surface area (Å²) in [6, 6.07) is 1.24. The summed E-state index contributed by atoms with van der Waals surface area (Å²) in [4.78, 5) is 5.08. The SMILES string of the molecule is C1CN(CCOC[C@@H]2CC[C@H]3[C@H](CCN3[C@@H]3CCOC3)O2)CCO1. The van der Waals surface area contributed by atoms with Crippen molar-refractivity contribution in [2.24, 2.45) is 0 Å². The fraction of sp³-hybridized carbons (Fsp3) is 1.00. The van der Waals surface area contributed by atoms with Crippen molar-refractivity contribution in [3.05, 3.63) is 0 Å². The van der Waals surface area contributed by atoms with Gasteiger partial charge in [-0.05, 0) is 25.7 Å². The lowest BCUT2D eigenvalue weighted by Crippen LogP contribution is -2.47. The van der Waals surface area contributed by atoms with Gasteiger partial charge in [-0.25, -0.2) is 0 Å². The van der Waals surface area contributed by atoms with E-state index in [-0.39, 0.29) is 6.10 Å². The lowest BCUT2D eigenvalue weighted by molar-refractivity contribution is -0.104. The van der Waals surface area contributed by atoms with E-state index in [0.29, 0.717) is 18.2 Å². The van der Waals surface area contributed by atoms with Gasteiger partial charge in [-0.2, -0.15) is 0 Å². The maximum Gasteiger partial charge on any atom is 0.0813 e. The molecule has 4 aliphatic rings. The van der Waals surface area contributed by atoms with E-state index in [1.54, 1.807) is 0 Å². The number of nitrogens with zero attached hydrogens (tertiary/aromatic N) is 2. The molecule has 0 N–H and O–H groups in total. The molecule has 0 aromatic rings. The molecular formula is C18H32N2O4. The van der Waals surface area contributed by atoms with Crippen LogP contribution in [0.15, 0.2) is 0 Å². The number of rotatable bonds is 6. The summed E-state index contributed by atoms with van der Waals surface area (Å²) < 4.78 is 23.2. The molecule has 24 heavy (non-hydrogen) atoms. The average Bonchev–Trinajstić information content (AvgIpc) is 3.28. The predicted octanol–water partition coefficient (Wildman–Crippen LogP) is 0.746. The van der Waals surface area contributed by atoms with Crippen molar-refractivity contribution >= 4 is 0 Å². The highest BCUT2D eigenvalue weighted by Gasteiger charge is 2.43. The van der Waals surface area contributed by atoms with Crippen LogP contribution in [0.3, 0.4) is 0 Å². The Balaban J connectivity index is 1.15. The Hall–Kier alpha value is -0.240. The number of likely N-dealkylation sites (tertiary alicyclic amines) is 1. The molecule has 0 bridgehead atoms. The molecule has 4 fully saturated rings. The van der Waals surface area contributed by atoms with Gasteiger partial charge >= 0.3 is 0 Å². The fourth-order valence-corrected chi connectivity index (χ4v) is 4.62. The summed E-state index contributed by atoms with van der Waals surface area (Å²) in [5.74, 6) is 0. The van der Waals surface area contributed by atoms with Gasteiger partial charge in [-0.3, -0.25) is 9.80 Å². The third-order valence-electron chi connectivity index (χ3n) is 6.01. The van der Waals surface area contributed by atoms with Crippen molar-refractivity contribution in [2.45, 2.75) is 50.0 Å². The first-order chi connectivity index (χ1) is 11.9. The molecule has 138 valence electrons. The van der Waals surface area contributed by atoms with Crippen LogP contribution in [0.25, 0.3) is 0 Å². The zero-order valence-corrected chi connectivity index (χ0v) is 14.7. The molecule has 4 aliphatic heterocycles. The second kappa shape index (κ2) is 8.43. The molecule has 0 aromatic heterocycles. The largest absolute Gasteiger partial charge is 0.380 e. The van der Waals surface area contributed by atoms with Crippen LogP contribution in [0, 0.1) is 0 Å². The predicted molar refractivity (Wildman–Crippen MR) is 90.3 cm³/mol. The van der Waals surface area contributed by atoms with Gasteiger partial charge in [0, 0.05) is 44.9 Å². The Morgan fingerprint density at radius 2 is 1.83 bits per heavy atom. The van der Waals surface area contributed by atoms with E-state index in [0.717, 1.165) is 65.7 Å². The second-order valence-electron chi connectivity index (χ2n) is 7.51. The highest BCUT2D eigenvalue weighted by molar-refractivity contribution is 4.96. The third-order valence-corrected chi connectivity index (χ3v) is 6.01. The highest BCUT2D eigenvalue weighted by atomic mass is 16.5. The first-order valence-electron chi connectivity index (χ1n) is 9.77. The maximum absolute atomic E-state index is 6.35. The fourth-order valence-electron chi connectivity index (χ4n) is 4.62. The Kier molecular flexibility index (Phi) is 6.04. The Bertz CT molecular complexity index is 385. The molecule has 0 unspecified atom stereocenters. The standard InChI is InChI=1S/C18H32N2O4/c1-2-17-18(3-5-20(17)15-4-9-22-13-15)24-16(1)14-23-12-8-19-6-10-21-11-7-19/h15-18H,1-14H2/t15-,16+,17+,18+/m1/s1. The van der Waals surface area contributed by atoms with Gasteiger partial charge in [0.2, 0.25) is 0 Å². The monoisotopic (exact) mass is 340 g/mol. The van der Waals surface area contributed by atoms with Crippen molar-refractivity contribution in [3.63, 3.8) is 0 Å². The number of morpholine rings is 1. The van der Waals surface area contributed by atoms with Gasteiger partial charge in [-0.1, -0.05) is 0 Å². The van der Waals surface area contributed by atoms with Crippen LogP contribution in [-0.4, -0.2) is 99.9 Å². The van der Waals surface area contributed by atoms with E-state index in [1.165, 1.54) is 25.8 Å². The first kappa shape index (κ1) is 17.2. The normalized spacial score (nSPS) is 38.5. The van der Waals surface area contributed by atoms with Gasteiger partial charge < -0.3 is 18.9 Å². The van der Waals surface area contributed by atoms with Crippen molar-refractivity contribution < 1.29 is 18.9 Å². The summed E-state index contributed by atoms with van der Waals surface area (Å²) >= 11 is 0. The van der Waals surface area contributed by atoms with Crippen LogP contribution in [0.5, 0.6) is 0 Å². The number of hydrogen-bond acceptors (Lipinski definition) is 6. The van der Waals surface area contributed by atoms with Crippen LogP contribution >= 0.6 is 0 Å². The molecule has 0 amide bonds. The molecule has 4 rings (SSSR count). The minimum Gasteiger partial charge on any atom is -0.380 e. The molecule has 0 radical (unpaired) electrons. The minimum absolute atomic E-state index is 0.288. The van der Waals surface area contributed by atoms with Crippen LogP contribution < -0.4 is 0 Å². The summed E-state index contributed by atoms with van der Waals surface area (Å²) in [7, 11) is 0. The Labute approximate surface area is 145 Å². The molecule has 6 nitrogen and oxygen atoms in total. The quantitative estimate of drug-likeness (QED) is 0.665. The van der Waals surface area contributed by atoms with E-state index in [2.05, 4.69) is 9.80 Å². The lowest BCUT2D eigenvalue weighted by Gasteiger charge is -2.38. The second-order valence-corrected chi connectivity index (χ2v) is 7.51. The summed E-state index contributed by atoms with van der Waals surface area (Å²) in [6.45, 7) is 9.37. The molecule has 6 heteroatoms. The summed E-state index contributed by atoms with van der Waals surface area (Å²) in [5, 5.41) is 0. The van der Waals surface area contributed by atoms with Crippen molar-refractivity contribution in [1.29, 1.82) is 0 Å². The van der Waals surface area contributed by atoms with E-state index in [4.69, 9.17) is 18.9 Å². The molecule has 0 saturated carbocycles. The van der Waals surface area contributed by atoms with Crippen LogP contribution in [-0.2, 0) is 18.9 Å². The van der Waals surface area contributed by atoms with Gasteiger partial charge in [-0.15, -0.1) is 0 Å². The zero-order chi connectivity index (χ0) is 16.2. The van der Waals surface area contributed by atoms with E-state index >= 15 is 0 Å². The molecule has 0 spiro atoms. The van der Waals surface area contributed by atoms with Crippen molar-refractivity contribution in [3.8, 4) is 0 Å². The van der Waals surface area contributed by atoms with E-state index in [1.807, 2.05) is 0 Å². The molecule has 4 heterocycles. The molecule has 0 aromatic carbocycles. The summed E-state index contributed by atoms with van der Waals surface area (Å²) in [5.41, 5.74) is 0. The van der Waals surface area contributed by atoms with Gasteiger partial charge in [0.25, 0.3) is 0 Å². The van der Waals surface area contributed by atoms with E-state index < -0.39 is 0 Å². The highest BCUT2D eigenvalue weighted by Crippen LogP contribution is 2.34. The Morgan fingerprint density at radius 1 is 0.917 bits per heavy atom. The van der Waals surface area contributed by atoms with Gasteiger partial charge in [0.1, 0.15) is 0 Å². The minimum atomic E-state index is 0.288. The number of fused-ring (bicyclic) bond motifs is 1. The average molecular weight is 340 g/mol. The third kappa shape index (κ3) is 4.11. The first-order valence-corrected chi connectivity index (χ1v) is 9.77. The Morgan fingerprint density at radius 3 is 2.67 bits per heavy atom. The molecular weight excluding hydrogens is 308 g/mol. The topological polar surface area (TPSA) is 43.4 Å². The molecule has 4 atom stereocenters. The maximum atomic E-state index is 6.35. The number of ether oxygens (including phenoxy) is 4. The van der Waals surface area contributed by atoms with Crippen LogP contribution in [0.2, 0.25) is 0 Å². The smallest absolute Gasteiger partial charge is 0.0813 e. The van der Waals surface area contributed by atoms with Crippen LogP contribution in [0.1, 0.15) is 25.7 Å².